The van der Waals surface area contributed by atoms with Gasteiger partial charge in [-0.15, -0.1) is 0 Å². The molecule has 0 bridgehead atoms. The fourth-order valence-corrected chi connectivity index (χ4v) is 1.94. The van der Waals surface area contributed by atoms with Crippen molar-refractivity contribution in [3.05, 3.63) is 34.3 Å². The average Bonchev–Trinajstić information content (AvgIpc) is 2.25. The third kappa shape index (κ3) is 5.33. The number of halogens is 1. The molecule has 0 aliphatic heterocycles. The van der Waals surface area contributed by atoms with Crippen molar-refractivity contribution in [1.82, 2.24) is 0 Å². The molecule has 0 aliphatic carbocycles. The Morgan fingerprint density at radius 2 is 2.18 bits per heavy atom. The molecule has 0 saturated heterocycles. The second-order valence-electron chi connectivity index (χ2n) is 4.47. The van der Waals surface area contributed by atoms with Crippen LogP contribution >= 0.6 is 15.9 Å². The van der Waals surface area contributed by atoms with E-state index in [1.165, 1.54) is 0 Å². The Balaban J connectivity index is 2.43. The number of benzene rings is 1. The molecular formula is C13H18BrNO2. The minimum Gasteiger partial charge on any atom is -0.460 e. The number of carbonyl (C=O) groups excluding carboxylic acids is 1. The first kappa shape index (κ1) is 14.2. The molecule has 0 amide bonds. The molecule has 1 rings (SSSR count). The van der Waals surface area contributed by atoms with Crippen LogP contribution in [-0.2, 0) is 16.1 Å². The Morgan fingerprint density at radius 3 is 2.76 bits per heavy atom. The van der Waals surface area contributed by atoms with Crippen molar-refractivity contribution in [2.75, 3.05) is 0 Å². The van der Waals surface area contributed by atoms with Gasteiger partial charge in [0, 0.05) is 4.47 Å². The molecule has 0 heterocycles. The number of carbonyl (C=O) groups is 1. The van der Waals surface area contributed by atoms with E-state index in [2.05, 4.69) is 15.9 Å². The maximum Gasteiger partial charge on any atom is 0.323 e. The highest BCUT2D eigenvalue weighted by Gasteiger charge is 2.16. The summed E-state index contributed by atoms with van der Waals surface area (Å²) in [5.41, 5.74) is 6.68. The van der Waals surface area contributed by atoms with Crippen LogP contribution in [0.4, 0.5) is 0 Å². The standard InChI is InChI=1S/C13H18BrNO2/c1-9(2)6-12(15)13(16)17-8-10-4-3-5-11(14)7-10/h3-5,7,9,12H,6,8,15H2,1-2H3/t12-/m0/s1. The van der Waals surface area contributed by atoms with Gasteiger partial charge in [-0.3, -0.25) is 4.79 Å². The Hall–Kier alpha value is -0.870. The van der Waals surface area contributed by atoms with Gasteiger partial charge in [0.15, 0.2) is 0 Å². The molecule has 1 aromatic rings. The van der Waals surface area contributed by atoms with E-state index >= 15 is 0 Å². The van der Waals surface area contributed by atoms with Crippen molar-refractivity contribution in [3.8, 4) is 0 Å². The van der Waals surface area contributed by atoms with E-state index in [4.69, 9.17) is 10.5 Å². The largest absolute Gasteiger partial charge is 0.460 e. The van der Waals surface area contributed by atoms with Crippen molar-refractivity contribution in [2.45, 2.75) is 32.9 Å². The lowest BCUT2D eigenvalue weighted by Crippen LogP contribution is -2.33. The molecular weight excluding hydrogens is 282 g/mol. The summed E-state index contributed by atoms with van der Waals surface area (Å²) in [6.45, 7) is 4.33. The summed E-state index contributed by atoms with van der Waals surface area (Å²) in [7, 11) is 0. The zero-order valence-corrected chi connectivity index (χ0v) is 11.7. The Morgan fingerprint density at radius 1 is 1.47 bits per heavy atom. The molecule has 0 fully saturated rings. The van der Waals surface area contributed by atoms with Gasteiger partial charge in [0.1, 0.15) is 12.6 Å². The first-order valence-corrected chi connectivity index (χ1v) is 6.45. The molecule has 0 spiro atoms. The van der Waals surface area contributed by atoms with Crippen LogP contribution in [-0.4, -0.2) is 12.0 Å². The Kier molecular flexibility index (Phi) is 5.65. The molecule has 0 aliphatic rings. The molecule has 1 aromatic carbocycles. The van der Waals surface area contributed by atoms with E-state index in [1.807, 2.05) is 38.1 Å². The lowest BCUT2D eigenvalue weighted by molar-refractivity contribution is -0.146. The highest BCUT2D eigenvalue weighted by molar-refractivity contribution is 9.10. The molecule has 0 radical (unpaired) electrons. The number of rotatable bonds is 5. The number of ether oxygens (including phenoxy) is 1. The summed E-state index contributed by atoms with van der Waals surface area (Å²) < 4.78 is 6.13. The van der Waals surface area contributed by atoms with Crippen molar-refractivity contribution in [3.63, 3.8) is 0 Å². The normalized spacial score (nSPS) is 12.5. The third-order valence-electron chi connectivity index (χ3n) is 2.30. The number of esters is 1. The van der Waals surface area contributed by atoms with Gasteiger partial charge in [0.2, 0.25) is 0 Å². The van der Waals surface area contributed by atoms with Gasteiger partial charge in [-0.2, -0.15) is 0 Å². The first-order valence-electron chi connectivity index (χ1n) is 5.65. The van der Waals surface area contributed by atoms with Gasteiger partial charge in [-0.1, -0.05) is 41.9 Å². The molecule has 0 unspecified atom stereocenters. The Bertz CT molecular complexity index is 379. The lowest BCUT2D eigenvalue weighted by atomic mass is 10.1. The molecule has 0 saturated carbocycles. The molecule has 1 atom stereocenters. The van der Waals surface area contributed by atoms with Crippen LogP contribution in [0.3, 0.4) is 0 Å². The van der Waals surface area contributed by atoms with E-state index in [1.54, 1.807) is 0 Å². The maximum absolute atomic E-state index is 11.6. The van der Waals surface area contributed by atoms with Gasteiger partial charge in [0.05, 0.1) is 0 Å². The van der Waals surface area contributed by atoms with Crippen LogP contribution in [0.2, 0.25) is 0 Å². The molecule has 4 heteroatoms. The monoisotopic (exact) mass is 299 g/mol. The molecule has 3 nitrogen and oxygen atoms in total. The summed E-state index contributed by atoms with van der Waals surface area (Å²) >= 11 is 3.37. The van der Waals surface area contributed by atoms with Crippen LogP contribution in [0.15, 0.2) is 28.7 Å². The number of hydrogen-bond donors (Lipinski definition) is 1. The third-order valence-corrected chi connectivity index (χ3v) is 2.79. The van der Waals surface area contributed by atoms with Gasteiger partial charge < -0.3 is 10.5 Å². The fraction of sp³-hybridized carbons (Fsp3) is 0.462. The van der Waals surface area contributed by atoms with Gasteiger partial charge in [-0.25, -0.2) is 0 Å². The molecule has 0 aromatic heterocycles. The van der Waals surface area contributed by atoms with Crippen molar-refractivity contribution < 1.29 is 9.53 Å². The lowest BCUT2D eigenvalue weighted by Gasteiger charge is -2.13. The summed E-state index contributed by atoms with van der Waals surface area (Å²) in [5, 5.41) is 0. The number of nitrogens with two attached hydrogens (primary N) is 1. The highest BCUT2D eigenvalue weighted by atomic mass is 79.9. The van der Waals surface area contributed by atoms with E-state index in [0.29, 0.717) is 12.3 Å². The van der Waals surface area contributed by atoms with Crippen LogP contribution in [0.5, 0.6) is 0 Å². The summed E-state index contributed by atoms with van der Waals surface area (Å²) in [6, 6.07) is 7.13. The smallest absolute Gasteiger partial charge is 0.323 e. The van der Waals surface area contributed by atoms with E-state index in [-0.39, 0.29) is 12.6 Å². The van der Waals surface area contributed by atoms with Crippen LogP contribution in [0, 0.1) is 5.92 Å². The molecule has 17 heavy (non-hydrogen) atoms. The predicted molar refractivity (Wildman–Crippen MR) is 71.4 cm³/mol. The summed E-state index contributed by atoms with van der Waals surface area (Å²) in [5.74, 6) is 0.0575. The first-order chi connectivity index (χ1) is 7.99. The SMILES string of the molecule is CC(C)C[C@H](N)C(=O)OCc1cccc(Br)c1. The topological polar surface area (TPSA) is 52.3 Å². The van der Waals surface area contributed by atoms with Crippen molar-refractivity contribution in [2.24, 2.45) is 11.7 Å². The molecule has 94 valence electrons. The molecule has 2 N–H and O–H groups in total. The van der Waals surface area contributed by atoms with E-state index in [9.17, 15) is 4.79 Å². The highest BCUT2D eigenvalue weighted by Crippen LogP contribution is 2.13. The second kappa shape index (κ2) is 6.77. The van der Waals surface area contributed by atoms with Gasteiger partial charge in [0.25, 0.3) is 0 Å². The van der Waals surface area contributed by atoms with Crippen molar-refractivity contribution in [1.29, 1.82) is 0 Å². The van der Waals surface area contributed by atoms with Crippen LogP contribution in [0.1, 0.15) is 25.8 Å². The fourth-order valence-electron chi connectivity index (χ4n) is 1.49. The average molecular weight is 300 g/mol. The van der Waals surface area contributed by atoms with Crippen LogP contribution < -0.4 is 5.73 Å². The van der Waals surface area contributed by atoms with Gasteiger partial charge >= 0.3 is 5.97 Å². The van der Waals surface area contributed by atoms with E-state index < -0.39 is 6.04 Å². The number of hydrogen-bond acceptors (Lipinski definition) is 3. The zero-order chi connectivity index (χ0) is 12.8. The summed E-state index contributed by atoms with van der Waals surface area (Å²) in [6.07, 6.45) is 0.650. The Labute approximate surface area is 110 Å². The second-order valence-corrected chi connectivity index (χ2v) is 5.39. The predicted octanol–water partition coefficient (Wildman–Crippen LogP) is 2.87. The quantitative estimate of drug-likeness (QED) is 0.851. The minimum atomic E-state index is -0.526. The maximum atomic E-state index is 11.6. The van der Waals surface area contributed by atoms with Crippen LogP contribution in [0.25, 0.3) is 0 Å². The van der Waals surface area contributed by atoms with Gasteiger partial charge in [-0.05, 0) is 30.0 Å². The van der Waals surface area contributed by atoms with E-state index in [0.717, 1.165) is 10.0 Å². The zero-order valence-electron chi connectivity index (χ0n) is 10.2. The summed E-state index contributed by atoms with van der Waals surface area (Å²) in [4.78, 5) is 11.6. The van der Waals surface area contributed by atoms with Crippen molar-refractivity contribution >= 4 is 21.9 Å². The minimum absolute atomic E-state index is 0.268.